The molecule has 0 bridgehead atoms. The number of likely N-dealkylation sites (tertiary alicyclic amines) is 1. The average Bonchev–Trinajstić information content (AvgIpc) is 2.21. The Morgan fingerprint density at radius 3 is 2.54 bits per heavy atom. The van der Waals surface area contributed by atoms with E-state index >= 15 is 0 Å². The van der Waals surface area contributed by atoms with Gasteiger partial charge in [-0.3, -0.25) is 0 Å². The lowest BCUT2D eigenvalue weighted by molar-refractivity contribution is 0.155. The molecule has 0 N–H and O–H groups in total. The summed E-state index contributed by atoms with van der Waals surface area (Å²) in [6.45, 7) is 3.39. The Bertz CT molecular complexity index is 175. The van der Waals surface area contributed by atoms with Crippen LogP contribution in [0.5, 0.6) is 0 Å². The summed E-state index contributed by atoms with van der Waals surface area (Å²) in [6.07, 6.45) is 10.0. The van der Waals surface area contributed by atoms with E-state index in [-0.39, 0.29) is 0 Å². The molecule has 0 unspecified atom stereocenters. The lowest BCUT2D eigenvalue weighted by Gasteiger charge is -2.27. The molecule has 0 aromatic rings. The van der Waals surface area contributed by atoms with Crippen LogP contribution >= 0.6 is 0 Å². The summed E-state index contributed by atoms with van der Waals surface area (Å²) in [5.74, 6) is 1.22. The number of hydrogen-bond acceptors (Lipinski definition) is 2. The van der Waals surface area contributed by atoms with E-state index in [4.69, 9.17) is 4.74 Å². The van der Waals surface area contributed by atoms with Gasteiger partial charge in [0.1, 0.15) is 5.76 Å². The quantitative estimate of drug-likeness (QED) is 0.616. The van der Waals surface area contributed by atoms with E-state index in [2.05, 4.69) is 11.1 Å². The first-order valence-corrected chi connectivity index (χ1v) is 5.53. The SMILES string of the molecule is C(=C1\CCCCO1)/N1CCCCC1. The molecule has 2 rings (SSSR count). The number of piperidine rings is 1. The van der Waals surface area contributed by atoms with Crippen LogP contribution in [-0.2, 0) is 4.74 Å². The Kier molecular flexibility index (Phi) is 3.11. The van der Waals surface area contributed by atoms with Crippen LogP contribution in [0.1, 0.15) is 38.5 Å². The number of allylic oxidation sites excluding steroid dienone is 1. The third-order valence-electron chi connectivity index (χ3n) is 2.82. The molecular weight excluding hydrogens is 162 g/mol. The predicted octanol–water partition coefficient (Wildman–Crippen LogP) is 2.51. The molecule has 0 aromatic carbocycles. The van der Waals surface area contributed by atoms with Crippen LogP contribution in [0.4, 0.5) is 0 Å². The van der Waals surface area contributed by atoms with Crippen LogP contribution in [0.15, 0.2) is 12.0 Å². The molecule has 0 aliphatic carbocycles. The maximum Gasteiger partial charge on any atom is 0.112 e. The average molecular weight is 181 g/mol. The normalized spacial score (nSPS) is 27.4. The zero-order valence-corrected chi connectivity index (χ0v) is 8.30. The molecule has 2 heterocycles. The highest BCUT2D eigenvalue weighted by molar-refractivity contribution is 4.95. The Labute approximate surface area is 80.6 Å². The molecule has 2 fully saturated rings. The smallest absolute Gasteiger partial charge is 0.112 e. The van der Waals surface area contributed by atoms with Gasteiger partial charge in [0.25, 0.3) is 0 Å². The zero-order valence-electron chi connectivity index (χ0n) is 8.30. The van der Waals surface area contributed by atoms with E-state index in [1.54, 1.807) is 0 Å². The van der Waals surface area contributed by atoms with E-state index in [1.165, 1.54) is 51.0 Å². The number of rotatable bonds is 1. The molecule has 2 heteroatoms. The van der Waals surface area contributed by atoms with Gasteiger partial charge in [0.2, 0.25) is 0 Å². The number of hydrogen-bond donors (Lipinski definition) is 0. The van der Waals surface area contributed by atoms with Gasteiger partial charge in [-0.05, 0) is 32.1 Å². The maximum absolute atomic E-state index is 5.60. The second-order valence-corrected chi connectivity index (χ2v) is 4.00. The topological polar surface area (TPSA) is 12.5 Å². The van der Waals surface area contributed by atoms with E-state index < -0.39 is 0 Å². The standard InChI is InChI=1S/C11H19NO/c1-3-7-12(8-4-1)10-11-6-2-5-9-13-11/h10H,1-9H2/b11-10-. The molecule has 2 nitrogen and oxygen atoms in total. The molecule has 2 saturated heterocycles. The molecule has 0 spiro atoms. The lowest BCUT2D eigenvalue weighted by Crippen LogP contribution is -2.25. The van der Waals surface area contributed by atoms with Crippen LogP contribution in [0.25, 0.3) is 0 Å². The Hall–Kier alpha value is -0.660. The first-order chi connectivity index (χ1) is 6.45. The molecule has 0 radical (unpaired) electrons. The molecule has 0 amide bonds. The van der Waals surface area contributed by atoms with Crippen molar-refractivity contribution in [1.29, 1.82) is 0 Å². The lowest BCUT2D eigenvalue weighted by atomic mass is 10.1. The predicted molar refractivity (Wildman–Crippen MR) is 53.3 cm³/mol. The summed E-state index contributed by atoms with van der Waals surface area (Å²) < 4.78 is 5.60. The van der Waals surface area contributed by atoms with Crippen molar-refractivity contribution in [2.24, 2.45) is 0 Å². The molecule has 0 saturated carbocycles. The monoisotopic (exact) mass is 181 g/mol. The van der Waals surface area contributed by atoms with Gasteiger partial charge >= 0.3 is 0 Å². The second kappa shape index (κ2) is 4.54. The highest BCUT2D eigenvalue weighted by atomic mass is 16.5. The Morgan fingerprint density at radius 2 is 1.85 bits per heavy atom. The summed E-state index contributed by atoms with van der Waals surface area (Å²) >= 11 is 0. The van der Waals surface area contributed by atoms with E-state index in [0.717, 1.165) is 13.0 Å². The van der Waals surface area contributed by atoms with Crippen molar-refractivity contribution in [3.63, 3.8) is 0 Å². The van der Waals surface area contributed by atoms with Gasteiger partial charge in [-0.2, -0.15) is 0 Å². The van der Waals surface area contributed by atoms with Crippen LogP contribution in [0.2, 0.25) is 0 Å². The summed E-state index contributed by atoms with van der Waals surface area (Å²) in [5.41, 5.74) is 0. The third-order valence-corrected chi connectivity index (χ3v) is 2.82. The first-order valence-electron chi connectivity index (χ1n) is 5.53. The van der Waals surface area contributed by atoms with Crippen molar-refractivity contribution in [3.05, 3.63) is 12.0 Å². The van der Waals surface area contributed by atoms with Crippen molar-refractivity contribution in [3.8, 4) is 0 Å². The fourth-order valence-corrected chi connectivity index (χ4v) is 2.03. The van der Waals surface area contributed by atoms with Crippen LogP contribution in [0, 0.1) is 0 Å². The molecule has 2 aliphatic rings. The summed E-state index contributed by atoms with van der Waals surface area (Å²) in [6, 6.07) is 0. The van der Waals surface area contributed by atoms with Crippen LogP contribution < -0.4 is 0 Å². The van der Waals surface area contributed by atoms with Gasteiger partial charge in [-0.25, -0.2) is 0 Å². The second-order valence-electron chi connectivity index (χ2n) is 4.00. The van der Waals surface area contributed by atoms with Crippen LogP contribution in [-0.4, -0.2) is 24.6 Å². The van der Waals surface area contributed by atoms with Crippen molar-refractivity contribution < 1.29 is 4.74 Å². The molecule has 0 atom stereocenters. The number of ether oxygens (including phenoxy) is 1. The third kappa shape index (κ3) is 2.64. The molecule has 2 aliphatic heterocycles. The fraction of sp³-hybridized carbons (Fsp3) is 0.818. The van der Waals surface area contributed by atoms with Crippen molar-refractivity contribution in [2.75, 3.05) is 19.7 Å². The van der Waals surface area contributed by atoms with Gasteiger partial charge < -0.3 is 9.64 Å². The first kappa shape index (κ1) is 8.92. The van der Waals surface area contributed by atoms with Crippen molar-refractivity contribution >= 4 is 0 Å². The molecule has 13 heavy (non-hydrogen) atoms. The van der Waals surface area contributed by atoms with Gasteiger partial charge in [-0.1, -0.05) is 0 Å². The molecule has 0 aromatic heterocycles. The minimum atomic E-state index is 0.930. The highest BCUT2D eigenvalue weighted by Gasteiger charge is 2.10. The van der Waals surface area contributed by atoms with Crippen molar-refractivity contribution in [2.45, 2.75) is 38.5 Å². The van der Waals surface area contributed by atoms with Gasteiger partial charge in [-0.15, -0.1) is 0 Å². The van der Waals surface area contributed by atoms with E-state index in [0.29, 0.717) is 0 Å². The zero-order chi connectivity index (χ0) is 8.93. The maximum atomic E-state index is 5.60. The minimum absolute atomic E-state index is 0.930. The summed E-state index contributed by atoms with van der Waals surface area (Å²) in [7, 11) is 0. The summed E-state index contributed by atoms with van der Waals surface area (Å²) in [4.78, 5) is 2.42. The van der Waals surface area contributed by atoms with Crippen LogP contribution in [0.3, 0.4) is 0 Å². The van der Waals surface area contributed by atoms with Gasteiger partial charge in [0.05, 0.1) is 6.61 Å². The Balaban J connectivity index is 1.85. The molecular formula is C11H19NO. The summed E-state index contributed by atoms with van der Waals surface area (Å²) in [5, 5.41) is 0. The van der Waals surface area contributed by atoms with Crippen molar-refractivity contribution in [1.82, 2.24) is 4.90 Å². The van der Waals surface area contributed by atoms with Gasteiger partial charge in [0, 0.05) is 25.7 Å². The van der Waals surface area contributed by atoms with E-state index in [1.807, 2.05) is 0 Å². The number of nitrogens with zero attached hydrogens (tertiary/aromatic N) is 1. The fourth-order valence-electron chi connectivity index (χ4n) is 2.03. The van der Waals surface area contributed by atoms with E-state index in [9.17, 15) is 0 Å². The largest absolute Gasteiger partial charge is 0.496 e. The van der Waals surface area contributed by atoms with Gasteiger partial charge in [0.15, 0.2) is 0 Å². The minimum Gasteiger partial charge on any atom is -0.496 e. The molecule has 74 valence electrons. The highest BCUT2D eigenvalue weighted by Crippen LogP contribution is 2.18. The Morgan fingerprint density at radius 1 is 1.00 bits per heavy atom.